The molecule has 2 aromatic rings. The first-order valence-electron chi connectivity index (χ1n) is 16.0. The van der Waals surface area contributed by atoms with E-state index in [0.717, 1.165) is 0 Å². The molecule has 0 spiro atoms. The third-order valence-corrected chi connectivity index (χ3v) is 9.09. The summed E-state index contributed by atoms with van der Waals surface area (Å²) < 4.78 is 62.3. The van der Waals surface area contributed by atoms with Crippen LogP contribution in [-0.4, -0.2) is 130 Å². The number of aliphatic hydroxyl groups is 5. The van der Waals surface area contributed by atoms with E-state index in [0.29, 0.717) is 11.1 Å². The van der Waals surface area contributed by atoms with Gasteiger partial charge in [0, 0.05) is 18.6 Å². The number of hydrogen-bond acceptors (Lipinski definition) is 15. The monoisotopic (exact) mass is 700 g/mol. The summed E-state index contributed by atoms with van der Waals surface area (Å²) in [6.45, 7) is -0.205. The summed E-state index contributed by atoms with van der Waals surface area (Å²) in [5.41, 5.74) is 26.0. The minimum atomic E-state index is -1.70. The van der Waals surface area contributed by atoms with Crippen molar-refractivity contribution in [2.75, 3.05) is 13.2 Å². The molecule has 2 saturated heterocycles. The Morgan fingerprint density at radius 2 is 1.14 bits per heavy atom. The molecule has 13 N–H and O–H groups in total. The summed E-state index contributed by atoms with van der Waals surface area (Å²) in [6, 6.07) is 8.50. The molecule has 1 aliphatic carbocycles. The number of halogens is 2. The fourth-order valence-corrected chi connectivity index (χ4v) is 6.24. The SMILES string of the molecule is NC[C@H]1O[C@H](O[C@H]2[C@H](O)[C@@H](O[C@H]3O[C@H](COCc4ccc(F)cc4)[C@@H](OCc4ccc(F)cc4)[C@H](N)[C@H]3O)[C@H](N)C[C@@H]2N)[C@H](O)[C@@H](O)[C@@H]1O. The quantitative estimate of drug-likeness (QED) is 0.110. The third kappa shape index (κ3) is 8.96. The van der Waals surface area contributed by atoms with E-state index < -0.39 is 103 Å². The van der Waals surface area contributed by atoms with Gasteiger partial charge in [0.1, 0.15) is 72.7 Å². The van der Waals surface area contributed by atoms with Crippen molar-refractivity contribution in [2.45, 2.75) is 111 Å². The number of benzene rings is 2. The van der Waals surface area contributed by atoms with Gasteiger partial charge in [0.15, 0.2) is 12.6 Å². The lowest BCUT2D eigenvalue weighted by molar-refractivity contribution is -0.334. The molecule has 0 bridgehead atoms. The van der Waals surface area contributed by atoms with Crippen molar-refractivity contribution >= 4 is 0 Å². The minimum absolute atomic E-state index is 0.00363. The van der Waals surface area contributed by atoms with Crippen LogP contribution < -0.4 is 22.9 Å². The van der Waals surface area contributed by atoms with Gasteiger partial charge in [0.05, 0.1) is 25.9 Å². The second-order valence-corrected chi connectivity index (χ2v) is 12.7. The van der Waals surface area contributed by atoms with Crippen molar-refractivity contribution in [2.24, 2.45) is 22.9 Å². The van der Waals surface area contributed by atoms with Gasteiger partial charge in [-0.1, -0.05) is 24.3 Å². The van der Waals surface area contributed by atoms with Crippen LogP contribution in [0.15, 0.2) is 48.5 Å². The van der Waals surface area contributed by atoms with E-state index >= 15 is 0 Å². The molecule has 17 heteroatoms. The smallest absolute Gasteiger partial charge is 0.187 e. The van der Waals surface area contributed by atoms with Crippen molar-refractivity contribution in [1.82, 2.24) is 0 Å². The van der Waals surface area contributed by atoms with Crippen LogP contribution >= 0.6 is 0 Å². The number of hydrogen-bond donors (Lipinski definition) is 9. The zero-order chi connectivity index (χ0) is 35.4. The topological polar surface area (TPSA) is 261 Å². The van der Waals surface area contributed by atoms with E-state index in [4.69, 9.17) is 51.4 Å². The highest BCUT2D eigenvalue weighted by molar-refractivity contribution is 5.16. The fraction of sp³-hybridized carbons (Fsp3) is 0.625. The van der Waals surface area contributed by atoms with E-state index in [-0.39, 0.29) is 32.8 Å². The molecule has 3 fully saturated rings. The number of aliphatic hydroxyl groups excluding tert-OH is 5. The van der Waals surface area contributed by atoms with Crippen LogP contribution in [0, 0.1) is 11.6 Å². The number of ether oxygens (including phenoxy) is 6. The molecule has 2 heterocycles. The summed E-state index contributed by atoms with van der Waals surface area (Å²) in [7, 11) is 0. The van der Waals surface area contributed by atoms with Crippen molar-refractivity contribution in [3.8, 4) is 0 Å². The Hall–Kier alpha value is -2.30. The summed E-state index contributed by atoms with van der Waals surface area (Å²) >= 11 is 0. The summed E-state index contributed by atoms with van der Waals surface area (Å²) in [5.74, 6) is -0.817. The van der Waals surface area contributed by atoms with E-state index in [1.54, 1.807) is 24.3 Å². The van der Waals surface area contributed by atoms with Crippen molar-refractivity contribution in [3.05, 3.63) is 71.3 Å². The minimum Gasteiger partial charge on any atom is -0.388 e. The fourth-order valence-electron chi connectivity index (χ4n) is 6.24. The Morgan fingerprint density at radius 1 is 0.633 bits per heavy atom. The van der Waals surface area contributed by atoms with Crippen LogP contribution in [0.25, 0.3) is 0 Å². The molecule has 0 unspecified atom stereocenters. The third-order valence-electron chi connectivity index (χ3n) is 9.09. The van der Waals surface area contributed by atoms with Gasteiger partial charge in [-0.2, -0.15) is 0 Å². The first-order chi connectivity index (χ1) is 23.4. The average Bonchev–Trinajstić information content (AvgIpc) is 3.08. The molecule has 2 aromatic carbocycles. The largest absolute Gasteiger partial charge is 0.388 e. The maximum Gasteiger partial charge on any atom is 0.187 e. The van der Waals surface area contributed by atoms with Crippen molar-refractivity contribution in [1.29, 1.82) is 0 Å². The van der Waals surface area contributed by atoms with Gasteiger partial charge < -0.3 is 76.9 Å². The van der Waals surface area contributed by atoms with Gasteiger partial charge in [-0.25, -0.2) is 8.78 Å². The summed E-state index contributed by atoms with van der Waals surface area (Å²) in [4.78, 5) is 0. The van der Waals surface area contributed by atoms with Gasteiger partial charge in [-0.05, 0) is 41.8 Å². The molecule has 3 aliphatic rings. The van der Waals surface area contributed by atoms with Gasteiger partial charge >= 0.3 is 0 Å². The molecule has 15 nitrogen and oxygen atoms in total. The summed E-state index contributed by atoms with van der Waals surface area (Å²) in [5, 5.41) is 53.5. The van der Waals surface area contributed by atoms with E-state index in [1.165, 1.54) is 24.3 Å². The zero-order valence-corrected chi connectivity index (χ0v) is 26.6. The lowest BCUT2D eigenvalue weighted by atomic mass is 9.84. The predicted molar refractivity (Wildman–Crippen MR) is 166 cm³/mol. The van der Waals surface area contributed by atoms with Crippen LogP contribution in [-0.2, 0) is 41.6 Å². The normalized spacial score (nSPS) is 39.9. The maximum atomic E-state index is 13.4. The van der Waals surface area contributed by atoms with Gasteiger partial charge in [0.25, 0.3) is 0 Å². The van der Waals surface area contributed by atoms with Crippen LogP contribution in [0.5, 0.6) is 0 Å². The second kappa shape index (κ2) is 16.8. The molecule has 2 aliphatic heterocycles. The number of rotatable bonds is 12. The average molecular weight is 701 g/mol. The zero-order valence-electron chi connectivity index (χ0n) is 26.6. The molecule has 274 valence electrons. The Labute approximate surface area is 281 Å². The Morgan fingerprint density at radius 3 is 1.69 bits per heavy atom. The standard InChI is InChI=1S/C32H46F2N4O11/c33-16-5-1-14(2-6-16)11-44-13-21-30(45-12-15-3-7-17(34)8-4-15)22(38)24(40)31(47-21)48-28-18(36)9-19(37)29(27(28)43)49-32-26(42)25(41)23(39)20(10-35)46-32/h1-8,18-32,39-43H,9-13,35-38H2/t18-,19+,20-,21-,22-,23-,24-,25+,26-,27-,28+,29-,30-,31-,32-/m1/s1. The maximum absolute atomic E-state index is 13.4. The van der Waals surface area contributed by atoms with Crippen molar-refractivity contribution in [3.63, 3.8) is 0 Å². The van der Waals surface area contributed by atoms with Crippen LogP contribution in [0.3, 0.4) is 0 Å². The van der Waals surface area contributed by atoms with Gasteiger partial charge in [-0.15, -0.1) is 0 Å². The Balaban J connectivity index is 1.29. The van der Waals surface area contributed by atoms with E-state index in [2.05, 4.69) is 0 Å². The molecule has 0 amide bonds. The van der Waals surface area contributed by atoms with Crippen LogP contribution in [0.4, 0.5) is 8.78 Å². The highest BCUT2D eigenvalue weighted by Crippen LogP contribution is 2.32. The van der Waals surface area contributed by atoms with Gasteiger partial charge in [-0.3, -0.25) is 0 Å². The van der Waals surface area contributed by atoms with Crippen molar-refractivity contribution < 1.29 is 62.7 Å². The Kier molecular flexibility index (Phi) is 13.0. The first-order valence-corrected chi connectivity index (χ1v) is 16.0. The van der Waals surface area contributed by atoms with E-state index in [9.17, 15) is 34.3 Å². The first kappa shape index (κ1) is 37.9. The van der Waals surface area contributed by atoms with Crippen LogP contribution in [0.1, 0.15) is 17.5 Å². The van der Waals surface area contributed by atoms with Gasteiger partial charge in [0.2, 0.25) is 0 Å². The molecule has 0 radical (unpaired) electrons. The molecule has 1 saturated carbocycles. The molecule has 15 atom stereocenters. The highest BCUT2D eigenvalue weighted by Gasteiger charge is 2.52. The molecule has 49 heavy (non-hydrogen) atoms. The van der Waals surface area contributed by atoms with Crippen LogP contribution in [0.2, 0.25) is 0 Å². The number of nitrogens with two attached hydrogens (primary N) is 4. The predicted octanol–water partition coefficient (Wildman–Crippen LogP) is -2.56. The summed E-state index contributed by atoms with van der Waals surface area (Å²) in [6.07, 6.45) is -16.2. The Bertz CT molecular complexity index is 1320. The second-order valence-electron chi connectivity index (χ2n) is 12.7. The molecular weight excluding hydrogens is 654 g/mol. The van der Waals surface area contributed by atoms with E-state index in [1.807, 2.05) is 0 Å². The highest BCUT2D eigenvalue weighted by atomic mass is 19.1. The molecule has 0 aromatic heterocycles. The molecular formula is C32H46F2N4O11. The lowest BCUT2D eigenvalue weighted by Gasteiger charge is -2.48. The molecule has 5 rings (SSSR count). The lowest BCUT2D eigenvalue weighted by Crippen LogP contribution is -2.68.